The lowest BCUT2D eigenvalue weighted by Crippen LogP contribution is -2.53. The highest BCUT2D eigenvalue weighted by Gasteiger charge is 2.39. The maximum atomic E-state index is 12.6. The van der Waals surface area contributed by atoms with Crippen LogP contribution in [0.15, 0.2) is 23.1 Å². The average molecular weight is 355 g/mol. The zero-order valence-electron chi connectivity index (χ0n) is 11.4. The van der Waals surface area contributed by atoms with Gasteiger partial charge in [0.1, 0.15) is 6.23 Å². The molecule has 2 rings (SSSR count). The molecule has 1 aliphatic rings. The van der Waals surface area contributed by atoms with E-state index in [1.807, 2.05) is 0 Å². The molecule has 8 nitrogen and oxygen atoms in total. The van der Waals surface area contributed by atoms with Crippen LogP contribution in [0.4, 0.5) is 18.9 Å². The van der Waals surface area contributed by atoms with Crippen LogP contribution in [-0.2, 0) is 16.2 Å². The second-order valence-electron chi connectivity index (χ2n) is 4.74. The molecule has 1 saturated heterocycles. The zero-order chi connectivity index (χ0) is 17.4. The van der Waals surface area contributed by atoms with E-state index in [0.29, 0.717) is 16.4 Å². The number of nitro groups is 1. The molecular formula is C11H12F3N3O5S. The van der Waals surface area contributed by atoms with Gasteiger partial charge >= 0.3 is 6.18 Å². The molecule has 23 heavy (non-hydrogen) atoms. The molecule has 12 heteroatoms. The monoisotopic (exact) mass is 355 g/mol. The van der Waals surface area contributed by atoms with Crippen molar-refractivity contribution in [1.82, 2.24) is 9.62 Å². The number of sulfonamides is 1. The second kappa shape index (κ2) is 6.03. The average Bonchev–Trinajstić information content (AvgIpc) is 2.45. The van der Waals surface area contributed by atoms with Crippen molar-refractivity contribution in [2.75, 3.05) is 19.6 Å². The summed E-state index contributed by atoms with van der Waals surface area (Å²) in [7, 11) is -4.51. The minimum absolute atomic E-state index is 0.0896. The van der Waals surface area contributed by atoms with Gasteiger partial charge < -0.3 is 10.4 Å². The van der Waals surface area contributed by atoms with Gasteiger partial charge in [-0.2, -0.15) is 17.5 Å². The molecule has 0 radical (unpaired) electrons. The third-order valence-electron chi connectivity index (χ3n) is 3.24. The first kappa shape index (κ1) is 17.6. The Balaban J connectivity index is 2.55. The first-order chi connectivity index (χ1) is 10.5. The zero-order valence-corrected chi connectivity index (χ0v) is 12.3. The van der Waals surface area contributed by atoms with Crippen LogP contribution in [0.1, 0.15) is 5.56 Å². The summed E-state index contributed by atoms with van der Waals surface area (Å²) in [4.78, 5) is 8.90. The molecule has 1 unspecified atom stereocenters. The lowest BCUT2D eigenvalue weighted by Gasteiger charge is -2.31. The largest absolute Gasteiger partial charge is 0.416 e. The molecular weight excluding hydrogens is 343 g/mol. The normalized spacial score (nSPS) is 20.4. The van der Waals surface area contributed by atoms with E-state index >= 15 is 0 Å². The third kappa shape index (κ3) is 3.44. The van der Waals surface area contributed by atoms with Gasteiger partial charge in [-0.1, -0.05) is 0 Å². The fourth-order valence-corrected chi connectivity index (χ4v) is 3.75. The van der Waals surface area contributed by atoms with E-state index in [4.69, 9.17) is 0 Å². The second-order valence-corrected chi connectivity index (χ2v) is 6.60. The van der Waals surface area contributed by atoms with Crippen molar-refractivity contribution in [2.24, 2.45) is 0 Å². The summed E-state index contributed by atoms with van der Waals surface area (Å²) in [5.41, 5.74) is -2.52. The standard InChI is InChI=1S/C11H12F3N3O5S/c12-11(13,14)7-1-2-9(8(5-7)17(19)20)23(21,22)16-4-3-15-6-10(16)18/h1-2,5,10,15,18H,3-4,6H2. The van der Waals surface area contributed by atoms with Crippen molar-refractivity contribution in [3.8, 4) is 0 Å². The fraction of sp³-hybridized carbons (Fsp3) is 0.455. The van der Waals surface area contributed by atoms with E-state index in [-0.39, 0.29) is 25.7 Å². The number of rotatable bonds is 3. The Hall–Kier alpha value is -1.76. The van der Waals surface area contributed by atoms with Gasteiger partial charge in [-0.15, -0.1) is 0 Å². The summed E-state index contributed by atoms with van der Waals surface area (Å²) < 4.78 is 63.4. The van der Waals surface area contributed by atoms with Gasteiger partial charge in [0.15, 0.2) is 4.90 Å². The van der Waals surface area contributed by atoms with Gasteiger partial charge in [0.25, 0.3) is 15.7 Å². The van der Waals surface area contributed by atoms with Gasteiger partial charge in [-0.25, -0.2) is 8.42 Å². The van der Waals surface area contributed by atoms with Crippen molar-refractivity contribution in [1.29, 1.82) is 0 Å². The number of halogens is 3. The van der Waals surface area contributed by atoms with Crippen LogP contribution in [0.25, 0.3) is 0 Å². The molecule has 1 aromatic rings. The lowest BCUT2D eigenvalue weighted by molar-refractivity contribution is -0.388. The highest BCUT2D eigenvalue weighted by atomic mass is 32.2. The quantitative estimate of drug-likeness (QED) is 0.604. The van der Waals surface area contributed by atoms with Gasteiger partial charge in [-0.05, 0) is 12.1 Å². The fourth-order valence-electron chi connectivity index (χ4n) is 2.13. The molecule has 1 aromatic carbocycles. The molecule has 128 valence electrons. The number of hydrogen-bond donors (Lipinski definition) is 2. The Labute approximate surface area is 128 Å². The van der Waals surface area contributed by atoms with E-state index in [0.717, 1.165) is 0 Å². The molecule has 0 amide bonds. The predicted molar refractivity (Wildman–Crippen MR) is 70.9 cm³/mol. The number of nitro benzene ring substituents is 1. The van der Waals surface area contributed by atoms with Gasteiger partial charge in [0, 0.05) is 25.7 Å². The van der Waals surface area contributed by atoms with Gasteiger partial charge in [0.2, 0.25) is 0 Å². The van der Waals surface area contributed by atoms with Crippen molar-refractivity contribution in [2.45, 2.75) is 17.3 Å². The molecule has 1 fully saturated rings. The summed E-state index contributed by atoms with van der Waals surface area (Å²) in [6.07, 6.45) is -6.31. The van der Waals surface area contributed by atoms with E-state index in [2.05, 4.69) is 5.32 Å². The van der Waals surface area contributed by atoms with E-state index in [9.17, 15) is 36.8 Å². The number of aliphatic hydroxyl groups excluding tert-OH is 1. The number of aliphatic hydroxyl groups is 1. The first-order valence-corrected chi connectivity index (χ1v) is 7.75. The maximum absolute atomic E-state index is 12.6. The molecule has 0 aliphatic carbocycles. The Morgan fingerprint density at radius 3 is 2.57 bits per heavy atom. The SMILES string of the molecule is O=[N+]([O-])c1cc(C(F)(F)F)ccc1S(=O)(=O)N1CCNCC1O. The number of benzene rings is 1. The van der Waals surface area contributed by atoms with Crippen LogP contribution in [0.2, 0.25) is 0 Å². The number of β-amino-alcohol motifs (C(OH)–C–C–N with tert-alkyl or cyclic N) is 1. The summed E-state index contributed by atoms with van der Waals surface area (Å²) in [5, 5.41) is 23.4. The number of nitrogens with one attached hydrogen (secondary N) is 1. The Morgan fingerprint density at radius 1 is 1.39 bits per heavy atom. The van der Waals surface area contributed by atoms with Crippen LogP contribution in [0.3, 0.4) is 0 Å². The summed E-state index contributed by atoms with van der Waals surface area (Å²) in [6, 6.07) is 1.15. The minimum Gasteiger partial charge on any atom is -0.376 e. The predicted octanol–water partition coefficient (Wildman–Crippen LogP) is 0.526. The summed E-state index contributed by atoms with van der Waals surface area (Å²) in [6.45, 7) is -0.0555. The van der Waals surface area contributed by atoms with Crippen LogP contribution in [0.5, 0.6) is 0 Å². The van der Waals surface area contributed by atoms with Gasteiger partial charge in [-0.3, -0.25) is 10.1 Å². The van der Waals surface area contributed by atoms with Crippen molar-refractivity contribution in [3.63, 3.8) is 0 Å². The summed E-state index contributed by atoms with van der Waals surface area (Å²) in [5.74, 6) is 0. The van der Waals surface area contributed by atoms with Gasteiger partial charge in [0.05, 0.1) is 10.5 Å². The molecule has 0 bridgehead atoms. The van der Waals surface area contributed by atoms with Crippen LogP contribution < -0.4 is 5.32 Å². The Kier molecular flexibility index (Phi) is 4.61. The van der Waals surface area contributed by atoms with Crippen molar-refractivity contribution < 1.29 is 31.6 Å². The first-order valence-electron chi connectivity index (χ1n) is 6.31. The molecule has 0 saturated carbocycles. The maximum Gasteiger partial charge on any atom is 0.416 e. The summed E-state index contributed by atoms with van der Waals surface area (Å²) >= 11 is 0. The number of piperazine rings is 1. The molecule has 2 N–H and O–H groups in total. The van der Waals surface area contributed by atoms with Crippen LogP contribution >= 0.6 is 0 Å². The van der Waals surface area contributed by atoms with Crippen molar-refractivity contribution >= 4 is 15.7 Å². The number of hydrogen-bond acceptors (Lipinski definition) is 6. The smallest absolute Gasteiger partial charge is 0.376 e. The number of alkyl halides is 3. The van der Waals surface area contributed by atoms with E-state index in [1.54, 1.807) is 0 Å². The molecule has 0 spiro atoms. The molecule has 1 aliphatic heterocycles. The molecule has 1 heterocycles. The third-order valence-corrected chi connectivity index (χ3v) is 5.18. The Morgan fingerprint density at radius 2 is 2.04 bits per heavy atom. The topological polar surface area (TPSA) is 113 Å². The van der Waals surface area contributed by atoms with Crippen LogP contribution in [0, 0.1) is 10.1 Å². The Bertz CT molecular complexity index is 722. The van der Waals surface area contributed by atoms with Crippen molar-refractivity contribution in [3.05, 3.63) is 33.9 Å². The van der Waals surface area contributed by atoms with E-state index < -0.39 is 43.5 Å². The van der Waals surface area contributed by atoms with Crippen LogP contribution in [-0.4, -0.2) is 48.6 Å². The molecule has 0 aromatic heterocycles. The lowest BCUT2D eigenvalue weighted by atomic mass is 10.2. The molecule has 1 atom stereocenters. The highest BCUT2D eigenvalue weighted by Crippen LogP contribution is 2.35. The number of nitrogens with zero attached hydrogens (tertiary/aromatic N) is 2. The minimum atomic E-state index is -4.85. The highest BCUT2D eigenvalue weighted by molar-refractivity contribution is 7.89. The van der Waals surface area contributed by atoms with E-state index in [1.165, 1.54) is 0 Å².